The molecule has 0 N–H and O–H groups in total. The molecule has 0 aliphatic heterocycles. The summed E-state index contributed by atoms with van der Waals surface area (Å²) < 4.78 is 4.86. The van der Waals surface area contributed by atoms with Crippen molar-refractivity contribution in [3.8, 4) is 5.75 Å². The summed E-state index contributed by atoms with van der Waals surface area (Å²) in [5, 5.41) is 17.7. The first kappa shape index (κ1) is 10.4. The minimum Gasteiger partial charge on any atom is -0.461 e. The number of ether oxygens (including phenoxy) is 1. The van der Waals surface area contributed by atoms with E-state index in [1.165, 1.54) is 0 Å². The Kier molecular flexibility index (Phi) is 3.39. The van der Waals surface area contributed by atoms with Crippen LogP contribution in [-0.2, 0) is 9.84 Å². The molecule has 5 nitrogen and oxygen atoms in total. The van der Waals surface area contributed by atoms with Crippen LogP contribution in [0.5, 0.6) is 5.75 Å². The van der Waals surface area contributed by atoms with Crippen molar-refractivity contribution in [3.63, 3.8) is 0 Å². The first-order valence-corrected chi connectivity index (χ1v) is 4.26. The molecule has 0 aliphatic rings. The monoisotopic (exact) mass is 195 g/mol. The lowest BCUT2D eigenvalue weighted by Crippen LogP contribution is -2.11. The van der Waals surface area contributed by atoms with E-state index in [9.17, 15) is 9.90 Å². The Balaban J connectivity index is 2.61. The van der Waals surface area contributed by atoms with Crippen molar-refractivity contribution in [2.45, 2.75) is 13.8 Å². The summed E-state index contributed by atoms with van der Waals surface area (Å²) in [4.78, 5) is 11.2. The van der Waals surface area contributed by atoms with Gasteiger partial charge in [0.15, 0.2) is 5.69 Å². The molecule has 1 rings (SSSR count). The van der Waals surface area contributed by atoms with Gasteiger partial charge in [-0.15, -0.1) is 5.10 Å². The number of aromatic nitrogens is 2. The van der Waals surface area contributed by atoms with Gasteiger partial charge in [0.2, 0.25) is 5.75 Å². The highest BCUT2D eigenvalue weighted by Crippen LogP contribution is 2.08. The van der Waals surface area contributed by atoms with Gasteiger partial charge < -0.3 is 4.74 Å². The van der Waals surface area contributed by atoms with E-state index >= 15 is 0 Å². The molecule has 1 aromatic rings. The Hall–Kier alpha value is -1.65. The Morgan fingerprint density at radius 1 is 1.57 bits per heavy atom. The molecule has 75 valence electrons. The maximum atomic E-state index is 11.2. The second kappa shape index (κ2) is 4.55. The summed E-state index contributed by atoms with van der Waals surface area (Å²) in [6.45, 7) is 4.15. The van der Waals surface area contributed by atoms with Crippen molar-refractivity contribution in [3.05, 3.63) is 18.0 Å². The maximum absolute atomic E-state index is 11.2. The largest absolute Gasteiger partial charge is 0.461 e. The van der Waals surface area contributed by atoms with Gasteiger partial charge in [0.1, 0.15) is 0 Å². The van der Waals surface area contributed by atoms with Gasteiger partial charge in [-0.1, -0.05) is 13.8 Å². The highest BCUT2D eigenvalue weighted by atomic mass is 16.5. The van der Waals surface area contributed by atoms with Gasteiger partial charge >= 0.3 is 5.97 Å². The topological polar surface area (TPSA) is 72.0 Å². The third kappa shape index (κ3) is 3.01. The fourth-order valence-electron chi connectivity index (χ4n) is 0.765. The predicted molar refractivity (Wildman–Crippen MR) is 47.3 cm³/mol. The first-order valence-electron chi connectivity index (χ1n) is 4.26. The van der Waals surface area contributed by atoms with E-state index in [1.807, 2.05) is 13.8 Å². The zero-order valence-electron chi connectivity index (χ0n) is 8.06. The molecule has 1 heterocycles. The Bertz CT molecular complexity index is 326. The summed E-state index contributed by atoms with van der Waals surface area (Å²) in [6, 6.07) is 1.11. The molecule has 0 aromatic carbocycles. The molecule has 0 bridgehead atoms. The zero-order valence-corrected chi connectivity index (χ0v) is 8.06. The van der Waals surface area contributed by atoms with Crippen molar-refractivity contribution >= 4 is 5.97 Å². The highest BCUT2D eigenvalue weighted by molar-refractivity contribution is 5.87. The third-order valence-corrected chi connectivity index (χ3v) is 1.39. The van der Waals surface area contributed by atoms with Crippen LogP contribution in [0.1, 0.15) is 24.3 Å². The molecule has 0 aliphatic carbocycles. The van der Waals surface area contributed by atoms with Crippen LogP contribution in [0.3, 0.4) is 0 Å². The first-order chi connectivity index (χ1) is 6.59. The minimum atomic E-state index is -0.607. The molecule has 14 heavy (non-hydrogen) atoms. The summed E-state index contributed by atoms with van der Waals surface area (Å²) in [5.41, 5.74) is -0.0434. The molecule has 0 saturated carbocycles. The molecule has 1 radical (unpaired) electrons. The number of hydrogen-bond donors (Lipinski definition) is 0. The van der Waals surface area contributed by atoms with Crippen LogP contribution in [0.4, 0.5) is 0 Å². The molecule has 0 atom stereocenters. The van der Waals surface area contributed by atoms with Crippen LogP contribution in [0, 0.1) is 5.92 Å². The normalized spacial score (nSPS) is 10.2. The minimum absolute atomic E-state index is 0.0434. The molecular weight excluding hydrogens is 184 g/mol. The van der Waals surface area contributed by atoms with Crippen LogP contribution in [0.25, 0.3) is 0 Å². The molecule has 0 spiro atoms. The van der Waals surface area contributed by atoms with Crippen LogP contribution in [0.2, 0.25) is 0 Å². The maximum Gasteiger partial charge on any atom is 0.359 e. The number of carbonyl (C=O) groups is 1. The number of rotatable bonds is 3. The highest BCUT2D eigenvalue weighted by Gasteiger charge is 2.11. The van der Waals surface area contributed by atoms with Crippen LogP contribution in [0.15, 0.2) is 12.3 Å². The summed E-state index contributed by atoms with van der Waals surface area (Å²) in [6.07, 6.45) is 1.04. The van der Waals surface area contributed by atoms with E-state index in [1.54, 1.807) is 0 Å². The number of esters is 1. The Labute approximate surface area is 81.7 Å². The van der Waals surface area contributed by atoms with Gasteiger partial charge in [0.25, 0.3) is 0 Å². The SMILES string of the molecule is CC(C)COC(=O)c1cc([O])cnn1. The average Bonchev–Trinajstić information content (AvgIpc) is 2.14. The standard InChI is InChI=1S/C9H11N2O3/c1-6(2)5-14-9(13)8-3-7(12)4-10-11-8/h3-4,6H,5H2,1-2H3. The summed E-state index contributed by atoms with van der Waals surface area (Å²) in [5.74, 6) is -0.706. The summed E-state index contributed by atoms with van der Waals surface area (Å²) >= 11 is 0. The average molecular weight is 195 g/mol. The smallest absolute Gasteiger partial charge is 0.359 e. The van der Waals surface area contributed by atoms with E-state index in [0.29, 0.717) is 6.61 Å². The van der Waals surface area contributed by atoms with Crippen molar-refractivity contribution in [1.29, 1.82) is 0 Å². The molecule has 0 fully saturated rings. The lowest BCUT2D eigenvalue weighted by Gasteiger charge is -2.05. The van der Waals surface area contributed by atoms with Crippen molar-refractivity contribution in [2.24, 2.45) is 5.92 Å². The molecular formula is C9H11N2O3. The molecule has 0 saturated heterocycles. The lowest BCUT2D eigenvalue weighted by molar-refractivity contribution is 0.0450. The van der Waals surface area contributed by atoms with E-state index in [4.69, 9.17) is 4.74 Å². The summed E-state index contributed by atoms with van der Waals surface area (Å²) in [7, 11) is 0. The molecule has 5 heteroatoms. The predicted octanol–water partition coefficient (Wildman–Crippen LogP) is 1.43. The van der Waals surface area contributed by atoms with Gasteiger partial charge in [-0.2, -0.15) is 5.10 Å². The van der Waals surface area contributed by atoms with Gasteiger partial charge in [-0.25, -0.2) is 4.79 Å². The van der Waals surface area contributed by atoms with Gasteiger partial charge in [-0.05, 0) is 5.92 Å². The Morgan fingerprint density at radius 2 is 2.29 bits per heavy atom. The second-order valence-electron chi connectivity index (χ2n) is 3.27. The van der Waals surface area contributed by atoms with Gasteiger partial charge in [-0.3, -0.25) is 5.11 Å². The lowest BCUT2D eigenvalue weighted by atomic mass is 10.2. The van der Waals surface area contributed by atoms with E-state index in [2.05, 4.69) is 10.2 Å². The second-order valence-corrected chi connectivity index (χ2v) is 3.27. The van der Waals surface area contributed by atoms with Crippen molar-refractivity contribution in [2.75, 3.05) is 6.61 Å². The van der Waals surface area contributed by atoms with Crippen molar-refractivity contribution < 1.29 is 14.6 Å². The fraction of sp³-hybridized carbons (Fsp3) is 0.444. The number of carbonyl (C=O) groups excluding carboxylic acids is 1. The fourth-order valence-corrected chi connectivity index (χ4v) is 0.765. The third-order valence-electron chi connectivity index (χ3n) is 1.39. The molecule has 1 aromatic heterocycles. The molecule has 0 amide bonds. The van der Waals surface area contributed by atoms with E-state index < -0.39 is 5.97 Å². The zero-order chi connectivity index (χ0) is 10.6. The van der Waals surface area contributed by atoms with Crippen LogP contribution >= 0.6 is 0 Å². The van der Waals surface area contributed by atoms with Gasteiger partial charge in [0.05, 0.1) is 12.8 Å². The van der Waals surface area contributed by atoms with E-state index in [0.717, 1.165) is 12.3 Å². The van der Waals surface area contributed by atoms with Crippen molar-refractivity contribution in [1.82, 2.24) is 10.2 Å². The van der Waals surface area contributed by atoms with E-state index in [-0.39, 0.29) is 17.4 Å². The van der Waals surface area contributed by atoms with Gasteiger partial charge in [0, 0.05) is 6.07 Å². The van der Waals surface area contributed by atoms with Crippen LogP contribution in [-0.4, -0.2) is 22.8 Å². The Morgan fingerprint density at radius 3 is 2.86 bits per heavy atom. The van der Waals surface area contributed by atoms with Crippen LogP contribution < -0.4 is 0 Å². The quantitative estimate of drug-likeness (QED) is 0.684. The number of hydrogen-bond acceptors (Lipinski definition) is 4. The molecule has 0 unspecified atom stereocenters. The number of nitrogens with zero attached hydrogens (tertiary/aromatic N) is 2.